The number of hydrogen-bond acceptors (Lipinski definition) is 5. The zero-order chi connectivity index (χ0) is 18.9. The second kappa shape index (κ2) is 7.83. The standard InChI is InChI=1S/C19H25N3O3S2/c23-18(20-14-10-11-27(24,25)13-14)12-26-19-21-16-8-4-5-9-17(16)22(19)15-6-2-1-3-7-15/h4-5,8-9,14-15H,1-3,6-7,10-13H2,(H,20,23)/t14-/m1/s1. The highest BCUT2D eigenvalue weighted by atomic mass is 32.2. The van der Waals surface area contributed by atoms with Gasteiger partial charge in [-0.15, -0.1) is 0 Å². The van der Waals surface area contributed by atoms with Crippen LogP contribution in [-0.2, 0) is 14.6 Å². The predicted molar refractivity (Wildman–Crippen MR) is 108 cm³/mol. The molecule has 0 unspecified atom stereocenters. The van der Waals surface area contributed by atoms with Crippen LogP contribution in [0.2, 0.25) is 0 Å². The van der Waals surface area contributed by atoms with Gasteiger partial charge >= 0.3 is 0 Å². The van der Waals surface area contributed by atoms with Crippen molar-refractivity contribution in [2.45, 2.75) is 55.8 Å². The van der Waals surface area contributed by atoms with E-state index >= 15 is 0 Å². The number of benzene rings is 1. The summed E-state index contributed by atoms with van der Waals surface area (Å²) < 4.78 is 25.4. The molecule has 6 nitrogen and oxygen atoms in total. The molecule has 146 valence electrons. The first-order valence-electron chi connectivity index (χ1n) is 9.61. The number of carbonyl (C=O) groups is 1. The van der Waals surface area contributed by atoms with Gasteiger partial charge in [0.1, 0.15) is 0 Å². The lowest BCUT2D eigenvalue weighted by molar-refractivity contribution is -0.119. The zero-order valence-electron chi connectivity index (χ0n) is 15.3. The lowest BCUT2D eigenvalue weighted by Crippen LogP contribution is -2.36. The summed E-state index contributed by atoms with van der Waals surface area (Å²) in [6, 6.07) is 8.33. The van der Waals surface area contributed by atoms with Crippen LogP contribution in [0.25, 0.3) is 11.0 Å². The Kier molecular flexibility index (Phi) is 5.45. The van der Waals surface area contributed by atoms with Crippen molar-refractivity contribution in [3.63, 3.8) is 0 Å². The monoisotopic (exact) mass is 407 g/mol. The van der Waals surface area contributed by atoms with Crippen LogP contribution in [0.15, 0.2) is 29.4 Å². The average molecular weight is 408 g/mol. The molecule has 0 spiro atoms. The van der Waals surface area contributed by atoms with Crippen LogP contribution in [-0.4, -0.2) is 47.2 Å². The minimum atomic E-state index is -2.98. The fourth-order valence-electron chi connectivity index (χ4n) is 4.12. The molecule has 8 heteroatoms. The molecule has 1 saturated heterocycles. The Balaban J connectivity index is 1.47. The number of sulfone groups is 1. The van der Waals surface area contributed by atoms with E-state index in [0.29, 0.717) is 12.5 Å². The lowest BCUT2D eigenvalue weighted by Gasteiger charge is -2.25. The fourth-order valence-corrected chi connectivity index (χ4v) is 6.69. The Hall–Kier alpha value is -1.54. The van der Waals surface area contributed by atoms with Gasteiger partial charge in [-0.25, -0.2) is 13.4 Å². The summed E-state index contributed by atoms with van der Waals surface area (Å²) in [6.07, 6.45) is 6.58. The average Bonchev–Trinajstić information content (AvgIpc) is 3.20. The molecule has 1 N–H and O–H groups in total. The Morgan fingerprint density at radius 2 is 1.96 bits per heavy atom. The van der Waals surface area contributed by atoms with Crippen LogP contribution >= 0.6 is 11.8 Å². The first-order chi connectivity index (χ1) is 13.0. The van der Waals surface area contributed by atoms with Crippen molar-refractivity contribution in [3.05, 3.63) is 24.3 Å². The molecule has 1 aliphatic carbocycles. The van der Waals surface area contributed by atoms with Crippen molar-refractivity contribution in [1.29, 1.82) is 0 Å². The molecule has 0 radical (unpaired) electrons. The third kappa shape index (κ3) is 4.32. The van der Waals surface area contributed by atoms with Crippen molar-refractivity contribution in [2.24, 2.45) is 0 Å². The first-order valence-corrected chi connectivity index (χ1v) is 12.4. The number of para-hydroxylation sites is 2. The molecule has 2 heterocycles. The van der Waals surface area contributed by atoms with E-state index in [1.807, 2.05) is 18.2 Å². The number of nitrogens with zero attached hydrogens (tertiary/aromatic N) is 2. The molecule has 0 bridgehead atoms. The van der Waals surface area contributed by atoms with Crippen LogP contribution in [0.5, 0.6) is 0 Å². The smallest absolute Gasteiger partial charge is 0.230 e. The Labute approximate surface area is 164 Å². The van der Waals surface area contributed by atoms with Crippen molar-refractivity contribution < 1.29 is 13.2 Å². The van der Waals surface area contributed by atoms with Crippen LogP contribution in [0.4, 0.5) is 0 Å². The number of hydrogen-bond donors (Lipinski definition) is 1. The summed E-state index contributed by atoms with van der Waals surface area (Å²) in [5, 5.41) is 3.75. The molecule has 1 amide bonds. The van der Waals surface area contributed by atoms with Crippen LogP contribution in [0.3, 0.4) is 0 Å². The van der Waals surface area contributed by atoms with E-state index in [9.17, 15) is 13.2 Å². The van der Waals surface area contributed by atoms with Gasteiger partial charge in [0.25, 0.3) is 0 Å². The van der Waals surface area contributed by atoms with Gasteiger partial charge in [0.15, 0.2) is 15.0 Å². The van der Waals surface area contributed by atoms with E-state index < -0.39 is 9.84 Å². The maximum atomic E-state index is 12.3. The minimum absolute atomic E-state index is 0.0595. The molecule has 1 aromatic heterocycles. The summed E-state index contributed by atoms with van der Waals surface area (Å²) in [6.45, 7) is 0. The first kappa shape index (κ1) is 18.8. The SMILES string of the molecule is O=C(CSc1nc2ccccc2n1C1CCCCC1)N[C@@H]1CCS(=O)(=O)C1. The highest BCUT2D eigenvalue weighted by Crippen LogP contribution is 2.35. The van der Waals surface area contributed by atoms with Crippen molar-refractivity contribution >= 4 is 38.5 Å². The highest BCUT2D eigenvalue weighted by molar-refractivity contribution is 7.99. The number of imidazole rings is 1. The van der Waals surface area contributed by atoms with Gasteiger partial charge < -0.3 is 9.88 Å². The fraction of sp³-hybridized carbons (Fsp3) is 0.579. The van der Waals surface area contributed by atoms with Crippen LogP contribution in [0, 0.1) is 0 Å². The van der Waals surface area contributed by atoms with E-state index in [-0.39, 0.29) is 29.2 Å². The zero-order valence-corrected chi connectivity index (χ0v) is 16.9. The summed E-state index contributed by atoms with van der Waals surface area (Å²) >= 11 is 1.45. The molecular weight excluding hydrogens is 382 g/mol. The highest BCUT2D eigenvalue weighted by Gasteiger charge is 2.29. The van der Waals surface area contributed by atoms with E-state index in [0.717, 1.165) is 29.0 Å². The van der Waals surface area contributed by atoms with E-state index in [4.69, 9.17) is 4.98 Å². The van der Waals surface area contributed by atoms with Gasteiger partial charge in [0, 0.05) is 12.1 Å². The van der Waals surface area contributed by atoms with Gasteiger partial charge in [-0.2, -0.15) is 0 Å². The number of amides is 1. The summed E-state index contributed by atoms with van der Waals surface area (Å²) in [7, 11) is -2.98. The molecule has 1 atom stereocenters. The molecule has 2 aliphatic rings. The Morgan fingerprint density at radius 3 is 2.70 bits per heavy atom. The summed E-state index contributed by atoms with van der Waals surface area (Å²) in [5.41, 5.74) is 2.10. The summed E-state index contributed by atoms with van der Waals surface area (Å²) in [4.78, 5) is 17.1. The van der Waals surface area contributed by atoms with Gasteiger partial charge in [0.2, 0.25) is 5.91 Å². The largest absolute Gasteiger partial charge is 0.352 e. The molecular formula is C19H25N3O3S2. The second-order valence-electron chi connectivity index (χ2n) is 7.50. The third-order valence-electron chi connectivity index (χ3n) is 5.43. The summed E-state index contributed by atoms with van der Waals surface area (Å²) in [5.74, 6) is 0.364. The number of fused-ring (bicyclic) bond motifs is 1. The number of nitrogens with one attached hydrogen (secondary N) is 1. The van der Waals surface area contributed by atoms with Crippen molar-refractivity contribution in [2.75, 3.05) is 17.3 Å². The maximum absolute atomic E-state index is 12.3. The maximum Gasteiger partial charge on any atom is 0.230 e. The van der Waals surface area contributed by atoms with Crippen LogP contribution in [0.1, 0.15) is 44.6 Å². The number of rotatable bonds is 5. The van der Waals surface area contributed by atoms with E-state index in [1.165, 1.54) is 31.0 Å². The molecule has 1 aliphatic heterocycles. The Bertz CT molecular complexity index is 933. The topological polar surface area (TPSA) is 81.1 Å². The number of aromatic nitrogens is 2. The van der Waals surface area contributed by atoms with Gasteiger partial charge in [0.05, 0.1) is 28.3 Å². The Morgan fingerprint density at radius 1 is 1.19 bits per heavy atom. The second-order valence-corrected chi connectivity index (χ2v) is 10.7. The van der Waals surface area contributed by atoms with E-state index in [1.54, 1.807) is 0 Å². The number of thioether (sulfide) groups is 1. The van der Waals surface area contributed by atoms with E-state index in [2.05, 4.69) is 16.0 Å². The minimum Gasteiger partial charge on any atom is -0.352 e. The van der Waals surface area contributed by atoms with Gasteiger partial charge in [-0.05, 0) is 31.4 Å². The molecule has 1 aromatic carbocycles. The van der Waals surface area contributed by atoms with Gasteiger partial charge in [-0.1, -0.05) is 43.2 Å². The molecule has 4 rings (SSSR count). The predicted octanol–water partition coefficient (Wildman–Crippen LogP) is 2.94. The van der Waals surface area contributed by atoms with Crippen LogP contribution < -0.4 is 5.32 Å². The third-order valence-corrected chi connectivity index (χ3v) is 8.15. The molecule has 1 saturated carbocycles. The molecule has 27 heavy (non-hydrogen) atoms. The quantitative estimate of drug-likeness (QED) is 0.771. The van der Waals surface area contributed by atoms with Crippen molar-refractivity contribution in [3.8, 4) is 0 Å². The number of carbonyl (C=O) groups excluding carboxylic acids is 1. The molecule has 2 fully saturated rings. The van der Waals surface area contributed by atoms with Gasteiger partial charge in [-0.3, -0.25) is 4.79 Å². The molecule has 2 aromatic rings. The van der Waals surface area contributed by atoms with Crippen molar-refractivity contribution in [1.82, 2.24) is 14.9 Å². The lowest BCUT2D eigenvalue weighted by atomic mass is 9.95. The normalized spacial score (nSPS) is 22.9.